The summed E-state index contributed by atoms with van der Waals surface area (Å²) in [5.74, 6) is -0.247. The number of carbonyl (C=O) groups is 1. The number of anilines is 1. The molecule has 35 heavy (non-hydrogen) atoms. The maximum atomic E-state index is 13.5. The van der Waals surface area contributed by atoms with Gasteiger partial charge in [0.2, 0.25) is 0 Å². The predicted octanol–water partition coefficient (Wildman–Crippen LogP) is 4.13. The molecule has 2 saturated heterocycles. The van der Waals surface area contributed by atoms with Gasteiger partial charge in [-0.25, -0.2) is 9.37 Å². The molecule has 1 N–H and O–H groups in total. The van der Waals surface area contributed by atoms with Crippen molar-refractivity contribution in [2.45, 2.75) is 32.4 Å². The third-order valence-corrected chi connectivity index (χ3v) is 7.31. The number of pyridine rings is 1. The Hall–Kier alpha value is -3.08. The molecule has 2 aliphatic rings. The molecule has 3 aromatic rings. The van der Waals surface area contributed by atoms with Gasteiger partial charge in [0, 0.05) is 19.3 Å². The molecule has 5 rings (SSSR count). The molecule has 0 spiro atoms. The van der Waals surface area contributed by atoms with Gasteiger partial charge in [-0.05, 0) is 55.2 Å². The van der Waals surface area contributed by atoms with Crippen LogP contribution >= 0.6 is 24.0 Å². The molecule has 7 nitrogen and oxygen atoms in total. The van der Waals surface area contributed by atoms with Crippen molar-refractivity contribution in [3.63, 3.8) is 0 Å². The van der Waals surface area contributed by atoms with E-state index in [1.54, 1.807) is 30.5 Å². The number of rotatable bonds is 6. The first-order valence-corrected chi connectivity index (χ1v) is 12.5. The highest BCUT2D eigenvalue weighted by Crippen LogP contribution is 2.34. The van der Waals surface area contributed by atoms with Crippen molar-refractivity contribution in [3.05, 3.63) is 80.4 Å². The number of ether oxygens (including phenoxy) is 1. The van der Waals surface area contributed by atoms with Crippen molar-refractivity contribution in [2.75, 3.05) is 18.5 Å². The van der Waals surface area contributed by atoms with Gasteiger partial charge in [0.15, 0.2) is 0 Å². The van der Waals surface area contributed by atoms with Crippen LogP contribution in [0.25, 0.3) is 11.7 Å². The first-order valence-electron chi connectivity index (χ1n) is 11.3. The molecule has 2 fully saturated rings. The van der Waals surface area contributed by atoms with E-state index in [9.17, 15) is 14.0 Å². The number of hydrogen-bond acceptors (Lipinski definition) is 7. The lowest BCUT2D eigenvalue weighted by molar-refractivity contribution is -0.122. The van der Waals surface area contributed by atoms with Crippen molar-refractivity contribution in [2.24, 2.45) is 0 Å². The molecule has 0 aliphatic carbocycles. The Morgan fingerprint density at radius 1 is 1.26 bits per heavy atom. The van der Waals surface area contributed by atoms with Gasteiger partial charge in [0.1, 0.15) is 21.6 Å². The lowest BCUT2D eigenvalue weighted by Crippen LogP contribution is -2.27. The van der Waals surface area contributed by atoms with E-state index in [1.165, 1.54) is 21.4 Å². The number of benzene rings is 1. The molecule has 10 heteroatoms. The van der Waals surface area contributed by atoms with Crippen molar-refractivity contribution >= 4 is 51.7 Å². The summed E-state index contributed by atoms with van der Waals surface area (Å²) in [6.07, 6.45) is 5.28. The van der Waals surface area contributed by atoms with Gasteiger partial charge in [-0.15, -0.1) is 0 Å². The minimum absolute atomic E-state index is 0.0510. The Morgan fingerprint density at radius 2 is 2.06 bits per heavy atom. The molecule has 0 radical (unpaired) electrons. The second-order valence-corrected chi connectivity index (χ2v) is 10.2. The summed E-state index contributed by atoms with van der Waals surface area (Å²) in [7, 11) is 0. The number of nitrogens with zero attached hydrogens (tertiary/aromatic N) is 3. The Morgan fingerprint density at radius 3 is 2.80 bits per heavy atom. The minimum atomic E-state index is -0.346. The van der Waals surface area contributed by atoms with Crippen LogP contribution in [-0.2, 0) is 16.1 Å². The fourth-order valence-electron chi connectivity index (χ4n) is 4.08. The number of aromatic nitrogens is 2. The summed E-state index contributed by atoms with van der Waals surface area (Å²) in [6, 6.07) is 9.61. The molecule has 0 saturated carbocycles. The van der Waals surface area contributed by atoms with Crippen molar-refractivity contribution in [3.8, 4) is 0 Å². The van der Waals surface area contributed by atoms with Crippen LogP contribution in [0.4, 0.5) is 10.2 Å². The van der Waals surface area contributed by atoms with Crippen molar-refractivity contribution in [1.29, 1.82) is 0 Å². The number of fused-ring (bicyclic) bond motifs is 1. The number of carbonyl (C=O) groups excluding carboxylic acids is 1. The van der Waals surface area contributed by atoms with E-state index >= 15 is 0 Å². The van der Waals surface area contributed by atoms with Crippen molar-refractivity contribution < 1.29 is 13.9 Å². The van der Waals surface area contributed by atoms with Crippen LogP contribution in [-0.4, -0.2) is 43.8 Å². The van der Waals surface area contributed by atoms with Crippen molar-refractivity contribution in [1.82, 2.24) is 14.3 Å². The number of hydrogen-bond donors (Lipinski definition) is 1. The summed E-state index contributed by atoms with van der Waals surface area (Å²) in [4.78, 5) is 33.1. The zero-order valence-corrected chi connectivity index (χ0v) is 20.6. The van der Waals surface area contributed by atoms with Crippen LogP contribution in [0, 0.1) is 12.7 Å². The Balaban J connectivity index is 1.50. The van der Waals surface area contributed by atoms with Gasteiger partial charge >= 0.3 is 0 Å². The molecule has 180 valence electrons. The van der Waals surface area contributed by atoms with E-state index in [4.69, 9.17) is 17.0 Å². The number of nitrogens with one attached hydrogen (secondary N) is 1. The van der Waals surface area contributed by atoms with Crippen LogP contribution in [0.15, 0.2) is 52.3 Å². The van der Waals surface area contributed by atoms with Crippen LogP contribution < -0.4 is 10.9 Å². The topological polar surface area (TPSA) is 75.9 Å². The Labute approximate surface area is 211 Å². The van der Waals surface area contributed by atoms with Gasteiger partial charge in [-0.3, -0.25) is 18.9 Å². The fraction of sp³-hybridized carbons (Fsp3) is 0.280. The molecule has 2 aromatic heterocycles. The average molecular weight is 511 g/mol. The van der Waals surface area contributed by atoms with Crippen LogP contribution in [0.5, 0.6) is 0 Å². The normalized spacial score (nSPS) is 19.3. The molecule has 4 heterocycles. The fourth-order valence-corrected chi connectivity index (χ4v) is 5.32. The monoisotopic (exact) mass is 510 g/mol. The third-order valence-electron chi connectivity index (χ3n) is 5.93. The standard InChI is InChI=1S/C25H23FN4O3S2/c1-15-4-9-21-28-22(27-12-18-3-2-10-33-18)19(23(31)29(21)13-15)11-20-24(32)30(25(34)35-20)14-16-5-7-17(26)8-6-16/h4-9,11,13,18,27H,2-3,10,12,14H2,1H3. The molecule has 1 amide bonds. The summed E-state index contributed by atoms with van der Waals surface area (Å²) >= 11 is 6.58. The van der Waals surface area contributed by atoms with Gasteiger partial charge in [0.25, 0.3) is 11.5 Å². The van der Waals surface area contributed by atoms with E-state index < -0.39 is 0 Å². The number of aryl methyl sites for hydroxylation is 1. The highest BCUT2D eigenvalue weighted by atomic mass is 32.2. The number of thiocarbonyl (C=S) groups is 1. The highest BCUT2D eigenvalue weighted by molar-refractivity contribution is 8.26. The van der Waals surface area contributed by atoms with Gasteiger partial charge in [-0.2, -0.15) is 0 Å². The van der Waals surface area contributed by atoms with Crippen LogP contribution in [0.2, 0.25) is 0 Å². The van der Waals surface area contributed by atoms with E-state index in [-0.39, 0.29) is 35.5 Å². The van der Waals surface area contributed by atoms with E-state index in [0.29, 0.717) is 27.2 Å². The summed E-state index contributed by atoms with van der Waals surface area (Å²) in [5.41, 5.74) is 2.19. The number of amides is 1. The first kappa shape index (κ1) is 23.7. The average Bonchev–Trinajstić information content (AvgIpc) is 3.45. The van der Waals surface area contributed by atoms with E-state index in [2.05, 4.69) is 10.3 Å². The van der Waals surface area contributed by atoms with E-state index in [1.807, 2.05) is 13.0 Å². The second-order valence-electron chi connectivity index (χ2n) is 8.52. The third kappa shape index (κ3) is 5.00. The molecular weight excluding hydrogens is 487 g/mol. The summed E-state index contributed by atoms with van der Waals surface area (Å²) in [5, 5.41) is 3.26. The molecular formula is C25H23FN4O3S2. The van der Waals surface area contributed by atoms with Crippen LogP contribution in [0.1, 0.15) is 29.5 Å². The zero-order valence-electron chi connectivity index (χ0n) is 19.0. The predicted molar refractivity (Wildman–Crippen MR) is 139 cm³/mol. The molecule has 1 unspecified atom stereocenters. The maximum absolute atomic E-state index is 13.5. The molecule has 0 bridgehead atoms. The smallest absolute Gasteiger partial charge is 0.267 e. The van der Waals surface area contributed by atoms with Gasteiger partial charge in [0.05, 0.1) is 23.1 Å². The minimum Gasteiger partial charge on any atom is -0.376 e. The maximum Gasteiger partial charge on any atom is 0.267 e. The van der Waals surface area contributed by atoms with Gasteiger partial charge in [-0.1, -0.05) is 42.2 Å². The number of thioether (sulfide) groups is 1. The molecule has 1 atom stereocenters. The first-order chi connectivity index (χ1) is 16.9. The number of halogens is 1. The molecule has 1 aromatic carbocycles. The van der Waals surface area contributed by atoms with E-state index in [0.717, 1.165) is 42.3 Å². The second kappa shape index (κ2) is 9.88. The Bertz CT molecular complexity index is 1400. The lowest BCUT2D eigenvalue weighted by atomic mass is 10.2. The Kier molecular flexibility index (Phi) is 6.68. The zero-order chi connectivity index (χ0) is 24.5. The summed E-state index contributed by atoms with van der Waals surface area (Å²) in [6.45, 7) is 3.36. The summed E-state index contributed by atoms with van der Waals surface area (Å²) < 4.78 is 20.8. The highest BCUT2D eigenvalue weighted by Gasteiger charge is 2.33. The lowest BCUT2D eigenvalue weighted by Gasteiger charge is -2.15. The van der Waals surface area contributed by atoms with Crippen LogP contribution in [0.3, 0.4) is 0 Å². The SMILES string of the molecule is Cc1ccc2nc(NCC3CCCO3)c(C=C3SC(=S)N(Cc4ccc(F)cc4)C3=O)c(=O)n2c1. The largest absolute Gasteiger partial charge is 0.376 e. The quantitative estimate of drug-likeness (QED) is 0.395. The molecule has 2 aliphatic heterocycles. The van der Waals surface area contributed by atoms with Gasteiger partial charge < -0.3 is 10.1 Å².